The monoisotopic (exact) mass is 246 g/mol. The molecule has 0 radical (unpaired) electrons. The maximum Gasteiger partial charge on any atom is 0.230 e. The van der Waals surface area contributed by atoms with Crippen molar-refractivity contribution >= 4 is 11.6 Å². The highest BCUT2D eigenvalue weighted by Gasteiger charge is 2.36. The van der Waals surface area contributed by atoms with Gasteiger partial charge in [-0.15, -0.1) is 0 Å². The number of likely N-dealkylation sites (tertiary alicyclic amines) is 1. The maximum absolute atomic E-state index is 12.4. The first-order valence-corrected chi connectivity index (χ1v) is 6.73. The second-order valence-corrected chi connectivity index (χ2v) is 5.32. The minimum Gasteiger partial charge on any atom is -0.326 e. The molecule has 3 nitrogen and oxygen atoms in total. The van der Waals surface area contributed by atoms with Crippen LogP contribution >= 0.6 is 0 Å². The van der Waals surface area contributed by atoms with Gasteiger partial charge in [0.15, 0.2) is 0 Å². The van der Waals surface area contributed by atoms with Crippen LogP contribution in [0, 0.1) is 5.41 Å². The molecule has 1 aromatic rings. The van der Waals surface area contributed by atoms with Gasteiger partial charge in [-0.25, -0.2) is 0 Å². The molecule has 98 valence electrons. The summed E-state index contributed by atoms with van der Waals surface area (Å²) in [7, 11) is 0. The number of anilines is 1. The number of piperidine rings is 1. The van der Waals surface area contributed by atoms with Crippen LogP contribution in [0.3, 0.4) is 0 Å². The molecule has 0 bridgehead atoms. The lowest BCUT2D eigenvalue weighted by Crippen LogP contribution is -2.44. The largest absolute Gasteiger partial charge is 0.326 e. The topological polar surface area (TPSA) is 32.3 Å². The first kappa shape index (κ1) is 13.1. The molecule has 1 aliphatic heterocycles. The number of rotatable bonds is 3. The first-order valence-electron chi connectivity index (χ1n) is 6.73. The fourth-order valence-electron chi connectivity index (χ4n) is 2.39. The number of carbonyl (C=O) groups is 1. The van der Waals surface area contributed by atoms with Gasteiger partial charge in [0.25, 0.3) is 0 Å². The third-order valence-corrected chi connectivity index (χ3v) is 3.99. The van der Waals surface area contributed by atoms with E-state index < -0.39 is 0 Å². The Balaban J connectivity index is 1.97. The van der Waals surface area contributed by atoms with Gasteiger partial charge >= 0.3 is 0 Å². The molecule has 0 aliphatic carbocycles. The highest BCUT2D eigenvalue weighted by Crippen LogP contribution is 2.32. The quantitative estimate of drug-likeness (QED) is 0.889. The third kappa shape index (κ3) is 2.91. The van der Waals surface area contributed by atoms with Gasteiger partial charge in [-0.2, -0.15) is 0 Å². The van der Waals surface area contributed by atoms with Crippen molar-refractivity contribution in [2.24, 2.45) is 5.41 Å². The van der Waals surface area contributed by atoms with Crippen molar-refractivity contribution in [3.8, 4) is 0 Å². The van der Waals surface area contributed by atoms with Crippen LogP contribution in [0.2, 0.25) is 0 Å². The molecule has 1 amide bonds. The van der Waals surface area contributed by atoms with Crippen molar-refractivity contribution in [1.29, 1.82) is 0 Å². The van der Waals surface area contributed by atoms with Crippen LogP contribution in [-0.4, -0.2) is 30.4 Å². The summed E-state index contributed by atoms with van der Waals surface area (Å²) in [6.45, 7) is 7.38. The summed E-state index contributed by atoms with van der Waals surface area (Å²) in [5.41, 5.74) is 0.670. The van der Waals surface area contributed by atoms with Crippen LogP contribution in [0.4, 0.5) is 5.69 Å². The van der Waals surface area contributed by atoms with Crippen molar-refractivity contribution in [2.45, 2.75) is 26.7 Å². The number of hydrogen-bond acceptors (Lipinski definition) is 2. The second kappa shape index (κ2) is 5.53. The molecule has 0 saturated carbocycles. The van der Waals surface area contributed by atoms with E-state index in [1.165, 1.54) is 0 Å². The fraction of sp³-hybridized carbons (Fsp3) is 0.533. The van der Waals surface area contributed by atoms with Crippen LogP contribution in [-0.2, 0) is 4.79 Å². The molecule has 1 aliphatic rings. The summed E-state index contributed by atoms with van der Waals surface area (Å²) >= 11 is 0. The first-order chi connectivity index (χ1) is 8.64. The van der Waals surface area contributed by atoms with Crippen molar-refractivity contribution in [3.63, 3.8) is 0 Å². The number of hydrogen-bond donors (Lipinski definition) is 1. The summed E-state index contributed by atoms with van der Waals surface area (Å²) in [5, 5.41) is 3.03. The van der Waals surface area contributed by atoms with Crippen LogP contribution in [0.25, 0.3) is 0 Å². The predicted octanol–water partition coefficient (Wildman–Crippen LogP) is 2.75. The van der Waals surface area contributed by atoms with Gasteiger partial charge in [-0.1, -0.05) is 32.0 Å². The van der Waals surface area contributed by atoms with Crippen LogP contribution in [0.5, 0.6) is 0 Å². The Hall–Kier alpha value is -1.35. The van der Waals surface area contributed by atoms with Gasteiger partial charge in [0.05, 0.1) is 0 Å². The van der Waals surface area contributed by atoms with Crippen LogP contribution in [0.15, 0.2) is 30.3 Å². The van der Waals surface area contributed by atoms with Crippen molar-refractivity contribution < 1.29 is 4.79 Å². The van der Waals surface area contributed by atoms with Gasteiger partial charge in [0, 0.05) is 11.1 Å². The molecule has 18 heavy (non-hydrogen) atoms. The number of para-hydroxylation sites is 1. The Kier molecular flexibility index (Phi) is 4.02. The zero-order valence-corrected chi connectivity index (χ0v) is 11.3. The molecule has 1 aromatic carbocycles. The molecule has 3 heteroatoms. The van der Waals surface area contributed by atoms with E-state index in [9.17, 15) is 4.79 Å². The van der Waals surface area contributed by atoms with Gasteiger partial charge in [0.2, 0.25) is 5.91 Å². The van der Waals surface area contributed by atoms with Crippen LogP contribution in [0.1, 0.15) is 26.7 Å². The molecule has 0 spiro atoms. The number of nitrogens with zero attached hydrogens (tertiary/aromatic N) is 1. The maximum atomic E-state index is 12.4. The molecule has 1 heterocycles. The minimum atomic E-state index is -0.221. The fourth-order valence-corrected chi connectivity index (χ4v) is 2.39. The minimum absolute atomic E-state index is 0.157. The smallest absolute Gasteiger partial charge is 0.230 e. The summed E-state index contributed by atoms with van der Waals surface area (Å²) in [6.07, 6.45) is 1.89. The number of carbonyl (C=O) groups excluding carboxylic acids is 1. The summed E-state index contributed by atoms with van der Waals surface area (Å²) in [6, 6.07) is 9.71. The number of amides is 1. The van der Waals surface area contributed by atoms with Gasteiger partial charge < -0.3 is 10.2 Å². The number of benzene rings is 1. The van der Waals surface area contributed by atoms with Crippen molar-refractivity contribution in [3.05, 3.63) is 30.3 Å². The lowest BCUT2D eigenvalue weighted by atomic mass is 9.79. The Morgan fingerprint density at radius 3 is 2.44 bits per heavy atom. The van der Waals surface area contributed by atoms with E-state index in [0.717, 1.165) is 38.2 Å². The van der Waals surface area contributed by atoms with Gasteiger partial charge in [-0.3, -0.25) is 4.79 Å². The molecule has 2 rings (SSSR count). The molecular weight excluding hydrogens is 224 g/mol. The average Bonchev–Trinajstić information content (AvgIpc) is 2.41. The zero-order valence-electron chi connectivity index (χ0n) is 11.3. The van der Waals surface area contributed by atoms with E-state index >= 15 is 0 Å². The molecule has 0 unspecified atom stereocenters. The molecule has 1 N–H and O–H groups in total. The molecule has 1 saturated heterocycles. The predicted molar refractivity (Wildman–Crippen MR) is 74.5 cm³/mol. The Morgan fingerprint density at radius 2 is 1.89 bits per heavy atom. The lowest BCUT2D eigenvalue weighted by Gasteiger charge is -2.37. The van der Waals surface area contributed by atoms with Gasteiger partial charge in [-0.05, 0) is 44.6 Å². The second-order valence-electron chi connectivity index (χ2n) is 5.32. The van der Waals surface area contributed by atoms with E-state index in [2.05, 4.69) is 24.1 Å². The summed E-state index contributed by atoms with van der Waals surface area (Å²) in [4.78, 5) is 14.8. The van der Waals surface area contributed by atoms with E-state index in [0.29, 0.717) is 0 Å². The zero-order chi connectivity index (χ0) is 13.0. The molecule has 1 fully saturated rings. The highest BCUT2D eigenvalue weighted by molar-refractivity contribution is 5.95. The summed E-state index contributed by atoms with van der Waals surface area (Å²) < 4.78 is 0. The van der Waals surface area contributed by atoms with Gasteiger partial charge in [0.1, 0.15) is 0 Å². The SMILES string of the molecule is CCN1CCC(C)(C(=O)Nc2ccccc2)CC1. The Labute approximate surface area is 109 Å². The van der Waals surface area contributed by atoms with E-state index in [1.807, 2.05) is 30.3 Å². The van der Waals surface area contributed by atoms with E-state index in [-0.39, 0.29) is 11.3 Å². The van der Waals surface area contributed by atoms with Crippen molar-refractivity contribution in [2.75, 3.05) is 25.0 Å². The lowest BCUT2D eigenvalue weighted by molar-refractivity contribution is -0.127. The van der Waals surface area contributed by atoms with Crippen molar-refractivity contribution in [1.82, 2.24) is 4.90 Å². The normalized spacial score (nSPS) is 19.4. The summed E-state index contributed by atoms with van der Waals surface area (Å²) in [5.74, 6) is 0.157. The molecule has 0 atom stereocenters. The highest BCUT2D eigenvalue weighted by atomic mass is 16.2. The van der Waals surface area contributed by atoms with Crippen LogP contribution < -0.4 is 5.32 Å². The number of nitrogens with one attached hydrogen (secondary N) is 1. The standard InChI is InChI=1S/C15H22N2O/c1-3-17-11-9-15(2,10-12-17)14(18)16-13-7-5-4-6-8-13/h4-8H,3,9-12H2,1-2H3,(H,16,18). The Bertz CT molecular complexity index is 394. The molecular formula is C15H22N2O. The Morgan fingerprint density at radius 1 is 1.28 bits per heavy atom. The third-order valence-electron chi connectivity index (χ3n) is 3.99. The molecule has 0 aromatic heterocycles. The van der Waals surface area contributed by atoms with E-state index in [1.54, 1.807) is 0 Å². The van der Waals surface area contributed by atoms with E-state index in [4.69, 9.17) is 0 Å². The average molecular weight is 246 g/mol.